The summed E-state index contributed by atoms with van der Waals surface area (Å²) >= 11 is 12.0. The number of hydrogen-bond acceptors (Lipinski definition) is 3. The molecule has 1 N–H and O–H groups in total. The van der Waals surface area contributed by atoms with Crippen molar-refractivity contribution in [2.45, 2.75) is 0 Å². The molecule has 0 aliphatic rings. The van der Waals surface area contributed by atoms with Crippen LogP contribution in [0.5, 0.6) is 0 Å². The van der Waals surface area contributed by atoms with E-state index in [4.69, 9.17) is 28.5 Å². The molecule has 0 bridgehead atoms. The van der Waals surface area contributed by atoms with Crippen molar-refractivity contribution >= 4 is 29.2 Å². The van der Waals surface area contributed by atoms with Gasteiger partial charge in [-0.1, -0.05) is 35.3 Å². The summed E-state index contributed by atoms with van der Waals surface area (Å²) in [5.41, 5.74) is 2.28. The molecule has 2 aromatic carbocycles. The van der Waals surface area contributed by atoms with Crippen molar-refractivity contribution < 1.29 is 9.90 Å². The van der Waals surface area contributed by atoms with Gasteiger partial charge < -0.3 is 5.11 Å². The number of benzene rings is 2. The summed E-state index contributed by atoms with van der Waals surface area (Å²) in [6.07, 6.45) is 0. The van der Waals surface area contributed by atoms with Gasteiger partial charge >= 0.3 is 5.97 Å². The number of nitrogens with zero attached hydrogens (tertiary/aromatic N) is 3. The standard InChI is InChI=1S/C17H9Cl2N3O2/c18-13-6-5-12(7-14(13)19)22-16(8-15(21-22)17(23)24)11-3-1-10(9-20)2-4-11/h1-8H,(H,23,24). The molecule has 1 aromatic heterocycles. The zero-order chi connectivity index (χ0) is 17.3. The van der Waals surface area contributed by atoms with Crippen LogP contribution in [0.1, 0.15) is 16.1 Å². The summed E-state index contributed by atoms with van der Waals surface area (Å²) in [6.45, 7) is 0. The normalized spacial score (nSPS) is 10.4. The number of aromatic nitrogens is 2. The molecule has 3 aromatic rings. The van der Waals surface area contributed by atoms with Crippen LogP contribution in [0.3, 0.4) is 0 Å². The molecule has 7 heteroatoms. The number of carbonyl (C=O) groups is 1. The monoisotopic (exact) mass is 357 g/mol. The zero-order valence-corrected chi connectivity index (χ0v) is 13.6. The molecular weight excluding hydrogens is 349 g/mol. The third-order valence-electron chi connectivity index (χ3n) is 3.39. The Morgan fingerprint density at radius 3 is 2.38 bits per heavy atom. The Hall–Kier alpha value is -2.81. The van der Waals surface area contributed by atoms with Crippen LogP contribution in [0.4, 0.5) is 0 Å². The van der Waals surface area contributed by atoms with Crippen molar-refractivity contribution in [3.8, 4) is 23.0 Å². The van der Waals surface area contributed by atoms with Crippen molar-refractivity contribution in [2.75, 3.05) is 0 Å². The lowest BCUT2D eigenvalue weighted by atomic mass is 10.1. The Kier molecular flexibility index (Phi) is 4.26. The van der Waals surface area contributed by atoms with Gasteiger partial charge in [-0.15, -0.1) is 0 Å². The van der Waals surface area contributed by atoms with E-state index in [1.165, 1.54) is 10.7 Å². The van der Waals surface area contributed by atoms with Gasteiger partial charge in [0.15, 0.2) is 5.69 Å². The predicted octanol–water partition coefficient (Wildman–Crippen LogP) is 4.42. The zero-order valence-electron chi connectivity index (χ0n) is 12.1. The average Bonchev–Trinajstić information content (AvgIpc) is 3.03. The molecule has 118 valence electrons. The Morgan fingerprint density at radius 1 is 1.08 bits per heavy atom. The molecule has 0 aliphatic heterocycles. The van der Waals surface area contributed by atoms with Crippen LogP contribution in [0.25, 0.3) is 16.9 Å². The first-order chi connectivity index (χ1) is 11.5. The predicted molar refractivity (Wildman–Crippen MR) is 90.7 cm³/mol. The van der Waals surface area contributed by atoms with Gasteiger partial charge in [0.25, 0.3) is 0 Å². The minimum atomic E-state index is -1.14. The molecule has 0 atom stereocenters. The lowest BCUT2D eigenvalue weighted by Gasteiger charge is -2.08. The SMILES string of the molecule is N#Cc1ccc(-c2cc(C(=O)O)nn2-c2ccc(Cl)c(Cl)c2)cc1. The second kappa shape index (κ2) is 6.36. The second-order valence-electron chi connectivity index (χ2n) is 4.92. The molecule has 0 radical (unpaired) electrons. The van der Waals surface area contributed by atoms with E-state index in [0.717, 1.165) is 5.56 Å². The Morgan fingerprint density at radius 2 is 1.79 bits per heavy atom. The summed E-state index contributed by atoms with van der Waals surface area (Å²) in [6, 6.07) is 15.2. The molecule has 0 unspecified atom stereocenters. The lowest BCUT2D eigenvalue weighted by Crippen LogP contribution is -2.02. The van der Waals surface area contributed by atoms with Crippen LogP contribution in [-0.2, 0) is 0 Å². The van der Waals surface area contributed by atoms with Crippen LogP contribution < -0.4 is 0 Å². The van der Waals surface area contributed by atoms with E-state index >= 15 is 0 Å². The van der Waals surface area contributed by atoms with E-state index in [0.29, 0.717) is 27.0 Å². The fourth-order valence-corrected chi connectivity index (χ4v) is 2.51. The van der Waals surface area contributed by atoms with Gasteiger partial charge in [-0.2, -0.15) is 10.4 Å². The minimum Gasteiger partial charge on any atom is -0.476 e. The Balaban J connectivity index is 2.18. The Bertz CT molecular complexity index is 972. The van der Waals surface area contributed by atoms with E-state index in [9.17, 15) is 9.90 Å². The number of nitriles is 1. The Labute approximate surface area is 147 Å². The van der Waals surface area contributed by atoms with E-state index in [2.05, 4.69) is 5.10 Å². The number of carboxylic acid groups (broad SMARTS) is 1. The first kappa shape index (κ1) is 16.1. The number of rotatable bonds is 3. The van der Waals surface area contributed by atoms with E-state index in [1.807, 2.05) is 6.07 Å². The molecular formula is C17H9Cl2N3O2. The molecule has 24 heavy (non-hydrogen) atoms. The van der Waals surface area contributed by atoms with Gasteiger partial charge in [0.1, 0.15) is 0 Å². The minimum absolute atomic E-state index is 0.0968. The number of aromatic carboxylic acids is 1. The number of carboxylic acids is 1. The summed E-state index contributed by atoms with van der Waals surface area (Å²) in [5, 5.41) is 23.0. The van der Waals surface area contributed by atoms with E-state index in [1.54, 1.807) is 42.5 Å². The molecule has 1 heterocycles. The van der Waals surface area contributed by atoms with Crippen molar-refractivity contribution in [2.24, 2.45) is 0 Å². The maximum absolute atomic E-state index is 11.3. The molecule has 0 aliphatic carbocycles. The van der Waals surface area contributed by atoms with Crippen molar-refractivity contribution in [3.63, 3.8) is 0 Å². The van der Waals surface area contributed by atoms with Crippen LogP contribution >= 0.6 is 23.2 Å². The van der Waals surface area contributed by atoms with Crippen LogP contribution in [-0.4, -0.2) is 20.9 Å². The van der Waals surface area contributed by atoms with E-state index < -0.39 is 5.97 Å². The molecule has 0 saturated heterocycles. The fourth-order valence-electron chi connectivity index (χ4n) is 2.22. The summed E-state index contributed by atoms with van der Waals surface area (Å²) in [4.78, 5) is 11.3. The molecule has 0 fully saturated rings. The van der Waals surface area contributed by atoms with Gasteiger partial charge in [0, 0.05) is 5.56 Å². The summed E-state index contributed by atoms with van der Waals surface area (Å²) in [7, 11) is 0. The maximum atomic E-state index is 11.3. The third kappa shape index (κ3) is 2.98. The van der Waals surface area contributed by atoms with Gasteiger partial charge in [-0.25, -0.2) is 9.48 Å². The maximum Gasteiger partial charge on any atom is 0.356 e. The van der Waals surface area contributed by atoms with E-state index in [-0.39, 0.29) is 5.69 Å². The highest BCUT2D eigenvalue weighted by molar-refractivity contribution is 6.42. The van der Waals surface area contributed by atoms with Crippen LogP contribution in [0, 0.1) is 11.3 Å². The highest BCUT2D eigenvalue weighted by atomic mass is 35.5. The quantitative estimate of drug-likeness (QED) is 0.752. The molecule has 5 nitrogen and oxygen atoms in total. The first-order valence-electron chi connectivity index (χ1n) is 6.79. The number of halogens is 2. The second-order valence-corrected chi connectivity index (χ2v) is 5.73. The van der Waals surface area contributed by atoms with Crippen molar-refractivity contribution in [1.82, 2.24) is 9.78 Å². The fraction of sp³-hybridized carbons (Fsp3) is 0. The highest BCUT2D eigenvalue weighted by Crippen LogP contribution is 2.28. The van der Waals surface area contributed by atoms with Crippen LogP contribution in [0.15, 0.2) is 48.5 Å². The summed E-state index contributed by atoms with van der Waals surface area (Å²) < 4.78 is 1.48. The average molecular weight is 358 g/mol. The van der Waals surface area contributed by atoms with Gasteiger partial charge in [-0.05, 0) is 36.4 Å². The molecule has 0 saturated carbocycles. The highest BCUT2D eigenvalue weighted by Gasteiger charge is 2.16. The molecule has 3 rings (SSSR count). The van der Waals surface area contributed by atoms with Gasteiger partial charge in [0.2, 0.25) is 0 Å². The lowest BCUT2D eigenvalue weighted by molar-refractivity contribution is 0.0690. The smallest absolute Gasteiger partial charge is 0.356 e. The van der Waals surface area contributed by atoms with Gasteiger partial charge in [0.05, 0.1) is 33.1 Å². The third-order valence-corrected chi connectivity index (χ3v) is 4.13. The van der Waals surface area contributed by atoms with Crippen LogP contribution in [0.2, 0.25) is 10.0 Å². The van der Waals surface area contributed by atoms with Crippen molar-refractivity contribution in [1.29, 1.82) is 5.26 Å². The summed E-state index contributed by atoms with van der Waals surface area (Å²) in [5.74, 6) is -1.14. The first-order valence-corrected chi connectivity index (χ1v) is 7.54. The largest absolute Gasteiger partial charge is 0.476 e. The van der Waals surface area contributed by atoms with Crippen molar-refractivity contribution in [3.05, 3.63) is 69.8 Å². The topological polar surface area (TPSA) is 78.9 Å². The molecule has 0 amide bonds. The van der Waals surface area contributed by atoms with Gasteiger partial charge in [-0.3, -0.25) is 0 Å². The number of hydrogen-bond donors (Lipinski definition) is 1. The molecule has 0 spiro atoms.